The van der Waals surface area contributed by atoms with Crippen LogP contribution in [0.15, 0.2) is 42.5 Å². The predicted octanol–water partition coefficient (Wildman–Crippen LogP) is 3.97. The molecule has 0 fully saturated rings. The molecule has 0 aliphatic carbocycles. The van der Waals surface area contributed by atoms with Crippen LogP contribution in [-0.2, 0) is 6.42 Å². The first-order valence-electron chi connectivity index (χ1n) is 6.31. The highest BCUT2D eigenvalue weighted by Crippen LogP contribution is 2.19. The normalized spacial score (nSPS) is 11.1. The number of aromatic hydroxyl groups is 2. The monoisotopic (exact) mass is 254 g/mol. The minimum Gasteiger partial charge on any atom is -0.508 e. The lowest BCUT2D eigenvalue weighted by molar-refractivity contribution is 0.470. The van der Waals surface area contributed by atoms with Gasteiger partial charge in [-0.25, -0.2) is 0 Å². The average molecular weight is 254 g/mol. The molecule has 0 radical (unpaired) electrons. The van der Waals surface area contributed by atoms with Crippen LogP contribution >= 0.6 is 0 Å². The highest BCUT2D eigenvalue weighted by Gasteiger charge is 1.97. The third-order valence-electron chi connectivity index (χ3n) is 3.15. The SMILES string of the molecule is Cc1cc(C=CCc2ccc(O)c(C)c2)ccc1O. The van der Waals surface area contributed by atoms with Crippen LogP contribution in [0.4, 0.5) is 0 Å². The van der Waals surface area contributed by atoms with Crippen LogP contribution in [0.1, 0.15) is 22.3 Å². The second kappa shape index (κ2) is 5.61. The molecule has 0 amide bonds. The number of aryl methyl sites for hydroxylation is 2. The Bertz CT molecular complexity index is 613. The van der Waals surface area contributed by atoms with E-state index in [1.165, 1.54) is 5.56 Å². The Morgan fingerprint density at radius 2 is 1.53 bits per heavy atom. The average Bonchev–Trinajstić information content (AvgIpc) is 2.38. The minimum absolute atomic E-state index is 0.325. The molecule has 0 saturated heterocycles. The summed E-state index contributed by atoms with van der Waals surface area (Å²) in [6, 6.07) is 11.2. The van der Waals surface area contributed by atoms with E-state index in [1.54, 1.807) is 12.1 Å². The molecule has 0 atom stereocenters. The van der Waals surface area contributed by atoms with Gasteiger partial charge in [-0.05, 0) is 60.7 Å². The summed E-state index contributed by atoms with van der Waals surface area (Å²) in [4.78, 5) is 0. The van der Waals surface area contributed by atoms with Crippen LogP contribution in [0.25, 0.3) is 6.08 Å². The molecule has 19 heavy (non-hydrogen) atoms. The van der Waals surface area contributed by atoms with Crippen molar-refractivity contribution in [3.63, 3.8) is 0 Å². The van der Waals surface area contributed by atoms with Gasteiger partial charge in [0.1, 0.15) is 11.5 Å². The van der Waals surface area contributed by atoms with Crippen molar-refractivity contribution in [3.05, 3.63) is 64.7 Å². The summed E-state index contributed by atoms with van der Waals surface area (Å²) < 4.78 is 0. The molecule has 0 aliphatic heterocycles. The van der Waals surface area contributed by atoms with E-state index in [9.17, 15) is 10.2 Å². The molecule has 98 valence electrons. The smallest absolute Gasteiger partial charge is 0.118 e. The van der Waals surface area contributed by atoms with Crippen LogP contribution in [0, 0.1) is 13.8 Å². The fraction of sp³-hybridized carbons (Fsp3) is 0.176. The number of rotatable bonds is 3. The summed E-state index contributed by atoms with van der Waals surface area (Å²) in [5, 5.41) is 18.9. The van der Waals surface area contributed by atoms with Crippen molar-refractivity contribution in [2.45, 2.75) is 20.3 Å². The maximum atomic E-state index is 9.46. The Labute approximate surface area is 113 Å². The summed E-state index contributed by atoms with van der Waals surface area (Å²) in [5.41, 5.74) is 4.02. The Balaban J connectivity index is 2.06. The van der Waals surface area contributed by atoms with Crippen molar-refractivity contribution in [3.8, 4) is 11.5 Å². The van der Waals surface area contributed by atoms with Gasteiger partial charge in [-0.3, -0.25) is 0 Å². The fourth-order valence-electron chi connectivity index (χ4n) is 1.96. The van der Waals surface area contributed by atoms with Crippen molar-refractivity contribution >= 4 is 6.08 Å². The van der Waals surface area contributed by atoms with Crippen LogP contribution in [0.3, 0.4) is 0 Å². The summed E-state index contributed by atoms with van der Waals surface area (Å²) in [5.74, 6) is 0.660. The first-order valence-corrected chi connectivity index (χ1v) is 6.31. The van der Waals surface area contributed by atoms with Crippen molar-refractivity contribution in [2.75, 3.05) is 0 Å². The third kappa shape index (κ3) is 3.38. The summed E-state index contributed by atoms with van der Waals surface area (Å²) in [6.07, 6.45) is 4.94. The molecule has 0 unspecified atom stereocenters. The molecule has 2 aromatic carbocycles. The Morgan fingerprint density at radius 1 is 0.895 bits per heavy atom. The van der Waals surface area contributed by atoms with E-state index < -0.39 is 0 Å². The molecule has 0 aliphatic rings. The topological polar surface area (TPSA) is 40.5 Å². The van der Waals surface area contributed by atoms with Gasteiger partial charge in [0.2, 0.25) is 0 Å². The molecule has 2 rings (SSSR count). The third-order valence-corrected chi connectivity index (χ3v) is 3.15. The first kappa shape index (κ1) is 13.2. The summed E-state index contributed by atoms with van der Waals surface area (Å²) >= 11 is 0. The Kier molecular flexibility index (Phi) is 3.91. The number of hydrogen-bond acceptors (Lipinski definition) is 2. The first-order chi connectivity index (χ1) is 9.06. The molecule has 0 aromatic heterocycles. The molecule has 0 heterocycles. The van der Waals surface area contributed by atoms with Gasteiger partial charge in [0.15, 0.2) is 0 Å². The molecule has 2 heteroatoms. The van der Waals surface area contributed by atoms with Crippen LogP contribution in [0.5, 0.6) is 11.5 Å². The fourth-order valence-corrected chi connectivity index (χ4v) is 1.96. The van der Waals surface area contributed by atoms with Gasteiger partial charge in [0.05, 0.1) is 0 Å². The maximum Gasteiger partial charge on any atom is 0.118 e. The zero-order valence-electron chi connectivity index (χ0n) is 11.2. The quantitative estimate of drug-likeness (QED) is 0.870. The molecule has 2 nitrogen and oxygen atoms in total. The Hall–Kier alpha value is -2.22. The highest BCUT2D eigenvalue weighted by atomic mass is 16.3. The maximum absolute atomic E-state index is 9.46. The number of allylic oxidation sites excluding steroid dienone is 1. The lowest BCUT2D eigenvalue weighted by Crippen LogP contribution is -1.83. The molecular weight excluding hydrogens is 236 g/mol. The van der Waals surface area contributed by atoms with E-state index >= 15 is 0 Å². The standard InChI is InChI=1S/C17H18O2/c1-12-10-14(6-8-16(12)18)4-3-5-15-7-9-17(19)13(2)11-15/h3-4,6-11,18-19H,5H2,1-2H3. The molecule has 0 bridgehead atoms. The number of benzene rings is 2. The second-order valence-electron chi connectivity index (χ2n) is 4.77. The van der Waals surface area contributed by atoms with Crippen LogP contribution in [-0.4, -0.2) is 10.2 Å². The van der Waals surface area contributed by atoms with E-state index in [0.717, 1.165) is 23.1 Å². The zero-order valence-corrected chi connectivity index (χ0v) is 11.2. The lowest BCUT2D eigenvalue weighted by Gasteiger charge is -2.02. The largest absolute Gasteiger partial charge is 0.508 e. The highest BCUT2D eigenvalue weighted by molar-refractivity contribution is 5.53. The van der Waals surface area contributed by atoms with Crippen molar-refractivity contribution in [2.24, 2.45) is 0 Å². The van der Waals surface area contributed by atoms with E-state index in [4.69, 9.17) is 0 Å². The van der Waals surface area contributed by atoms with Crippen LogP contribution < -0.4 is 0 Å². The lowest BCUT2D eigenvalue weighted by atomic mass is 10.1. The van der Waals surface area contributed by atoms with E-state index in [1.807, 2.05) is 44.2 Å². The number of phenolic OH excluding ortho intramolecular Hbond substituents is 2. The van der Waals surface area contributed by atoms with Crippen molar-refractivity contribution in [1.82, 2.24) is 0 Å². The van der Waals surface area contributed by atoms with Gasteiger partial charge in [-0.1, -0.05) is 30.4 Å². The van der Waals surface area contributed by atoms with E-state index in [-0.39, 0.29) is 0 Å². The van der Waals surface area contributed by atoms with E-state index in [2.05, 4.69) is 6.08 Å². The molecule has 2 aromatic rings. The van der Waals surface area contributed by atoms with Gasteiger partial charge in [-0.15, -0.1) is 0 Å². The van der Waals surface area contributed by atoms with E-state index in [0.29, 0.717) is 11.5 Å². The van der Waals surface area contributed by atoms with Crippen molar-refractivity contribution in [1.29, 1.82) is 0 Å². The minimum atomic E-state index is 0.325. The van der Waals surface area contributed by atoms with Gasteiger partial charge >= 0.3 is 0 Å². The van der Waals surface area contributed by atoms with Gasteiger partial charge < -0.3 is 10.2 Å². The van der Waals surface area contributed by atoms with Crippen LogP contribution in [0.2, 0.25) is 0 Å². The zero-order chi connectivity index (χ0) is 13.8. The summed E-state index contributed by atoms with van der Waals surface area (Å²) in [7, 11) is 0. The predicted molar refractivity (Wildman–Crippen MR) is 78.4 cm³/mol. The van der Waals surface area contributed by atoms with Gasteiger partial charge in [0, 0.05) is 0 Å². The molecule has 0 saturated carbocycles. The second-order valence-corrected chi connectivity index (χ2v) is 4.77. The Morgan fingerprint density at radius 3 is 2.16 bits per heavy atom. The van der Waals surface area contributed by atoms with Crippen molar-refractivity contribution < 1.29 is 10.2 Å². The van der Waals surface area contributed by atoms with Gasteiger partial charge in [0.25, 0.3) is 0 Å². The number of hydrogen-bond donors (Lipinski definition) is 2. The van der Waals surface area contributed by atoms with Gasteiger partial charge in [-0.2, -0.15) is 0 Å². The molecular formula is C17H18O2. The molecule has 0 spiro atoms. The molecule has 2 N–H and O–H groups in total. The summed E-state index contributed by atoms with van der Waals surface area (Å²) in [6.45, 7) is 3.78. The number of phenols is 2.